The molecular weight excluding hydrogens is 448 g/mol. The molecule has 0 unspecified atom stereocenters. The van der Waals surface area contributed by atoms with Crippen LogP contribution >= 0.6 is 23.3 Å². The predicted molar refractivity (Wildman–Crippen MR) is 116 cm³/mol. The molecule has 1 N–H and O–H groups in total. The lowest BCUT2D eigenvalue weighted by Crippen LogP contribution is -2.50. The van der Waals surface area contributed by atoms with Crippen molar-refractivity contribution in [2.24, 2.45) is 5.92 Å². The molecule has 0 saturated carbocycles. The minimum absolute atomic E-state index is 0.100. The zero-order valence-electron chi connectivity index (χ0n) is 16.8. The van der Waals surface area contributed by atoms with Gasteiger partial charge in [0.15, 0.2) is 15.7 Å². The van der Waals surface area contributed by atoms with E-state index in [9.17, 15) is 18.0 Å². The highest BCUT2D eigenvalue weighted by Gasteiger charge is 2.38. The van der Waals surface area contributed by atoms with Crippen molar-refractivity contribution >= 4 is 50.1 Å². The third-order valence-electron chi connectivity index (χ3n) is 5.55. The van der Waals surface area contributed by atoms with Gasteiger partial charge in [0, 0.05) is 62.8 Å². The number of sulfone groups is 1. The molecule has 30 heavy (non-hydrogen) atoms. The Hall–Kier alpha value is -1.44. The van der Waals surface area contributed by atoms with Gasteiger partial charge in [0.05, 0.1) is 17.8 Å². The van der Waals surface area contributed by atoms with E-state index in [1.54, 1.807) is 11.8 Å². The van der Waals surface area contributed by atoms with Crippen LogP contribution in [0.1, 0.15) is 12.2 Å². The SMILES string of the molecule is CS(=O)(=O)Cc1nsc(N2CCN(C(=O)[C@@H]3CN[C@H](C(=O)N4CCSC4)C3)CC2)n1. The molecule has 0 bridgehead atoms. The van der Waals surface area contributed by atoms with Gasteiger partial charge in [-0.05, 0) is 6.42 Å². The van der Waals surface area contributed by atoms with Crippen LogP contribution in [0, 0.1) is 5.92 Å². The maximum absolute atomic E-state index is 12.9. The number of nitrogens with zero attached hydrogens (tertiary/aromatic N) is 5. The molecule has 0 radical (unpaired) electrons. The molecule has 166 valence electrons. The summed E-state index contributed by atoms with van der Waals surface area (Å²) < 4.78 is 26.9. The van der Waals surface area contributed by atoms with E-state index in [-0.39, 0.29) is 29.5 Å². The zero-order chi connectivity index (χ0) is 21.3. The van der Waals surface area contributed by atoms with Gasteiger partial charge in [0.2, 0.25) is 16.9 Å². The van der Waals surface area contributed by atoms with Crippen LogP contribution in [-0.2, 0) is 25.2 Å². The van der Waals surface area contributed by atoms with Crippen LogP contribution in [0.15, 0.2) is 0 Å². The molecule has 0 spiro atoms. The molecule has 3 aliphatic heterocycles. The lowest BCUT2D eigenvalue weighted by atomic mass is 10.0. The molecule has 13 heteroatoms. The summed E-state index contributed by atoms with van der Waals surface area (Å²) in [6.45, 7) is 3.76. The largest absolute Gasteiger partial charge is 0.343 e. The van der Waals surface area contributed by atoms with Crippen LogP contribution in [0.3, 0.4) is 0 Å². The van der Waals surface area contributed by atoms with E-state index in [0.717, 1.165) is 24.4 Å². The van der Waals surface area contributed by atoms with Crippen molar-refractivity contribution in [3.63, 3.8) is 0 Å². The summed E-state index contributed by atoms with van der Waals surface area (Å²) in [6, 6.07) is -0.256. The van der Waals surface area contributed by atoms with Gasteiger partial charge in [-0.15, -0.1) is 11.8 Å². The average Bonchev–Trinajstić information content (AvgIpc) is 3.47. The fourth-order valence-electron chi connectivity index (χ4n) is 3.96. The molecule has 3 aliphatic rings. The van der Waals surface area contributed by atoms with E-state index in [2.05, 4.69) is 14.7 Å². The molecule has 2 atom stereocenters. The summed E-state index contributed by atoms with van der Waals surface area (Å²) in [6.07, 6.45) is 1.72. The van der Waals surface area contributed by atoms with Crippen molar-refractivity contribution in [3.8, 4) is 0 Å². The smallest absolute Gasteiger partial charge is 0.240 e. The van der Waals surface area contributed by atoms with Crippen LogP contribution < -0.4 is 10.2 Å². The number of carbonyl (C=O) groups is 2. The molecule has 10 nitrogen and oxygen atoms in total. The van der Waals surface area contributed by atoms with Crippen LogP contribution in [0.4, 0.5) is 5.13 Å². The second-order valence-electron chi connectivity index (χ2n) is 7.91. The standard InChI is InChI=1S/C17H26N6O4S3/c1-30(26,27)10-14-19-17(29-20-14)22-4-2-21(3-5-22)15(24)12-8-13(18-9-12)16(25)23-6-7-28-11-23/h12-13,18H,2-11H2,1H3/t12-,13-/m0/s1. The molecular formula is C17H26N6O4S3. The third-order valence-corrected chi connectivity index (χ3v) is 8.12. The molecule has 4 heterocycles. The molecule has 0 aromatic carbocycles. The first kappa shape index (κ1) is 21.8. The molecule has 4 rings (SSSR count). The lowest BCUT2D eigenvalue weighted by Gasteiger charge is -2.35. The number of piperazine rings is 1. The van der Waals surface area contributed by atoms with Crippen LogP contribution in [-0.4, -0.2) is 103 Å². The molecule has 1 aromatic rings. The van der Waals surface area contributed by atoms with Crippen molar-refractivity contribution in [3.05, 3.63) is 5.82 Å². The van der Waals surface area contributed by atoms with Gasteiger partial charge < -0.3 is 20.0 Å². The van der Waals surface area contributed by atoms with Crippen molar-refractivity contribution in [1.82, 2.24) is 24.5 Å². The number of thioether (sulfide) groups is 1. The maximum Gasteiger partial charge on any atom is 0.240 e. The quantitative estimate of drug-likeness (QED) is 0.588. The summed E-state index contributed by atoms with van der Waals surface area (Å²) in [7, 11) is -3.16. The normalized spacial score (nSPS) is 25.2. The minimum Gasteiger partial charge on any atom is -0.343 e. The average molecular weight is 475 g/mol. The maximum atomic E-state index is 12.9. The lowest BCUT2D eigenvalue weighted by molar-refractivity contribution is -0.135. The number of hydrogen-bond acceptors (Lipinski definition) is 10. The van der Waals surface area contributed by atoms with Gasteiger partial charge in [-0.2, -0.15) is 4.37 Å². The topological polar surface area (TPSA) is 116 Å². The first-order valence-electron chi connectivity index (χ1n) is 9.94. The van der Waals surface area contributed by atoms with E-state index in [4.69, 9.17) is 0 Å². The Morgan fingerprint density at radius 1 is 1.13 bits per heavy atom. The zero-order valence-corrected chi connectivity index (χ0v) is 19.3. The Balaban J connectivity index is 1.27. The van der Waals surface area contributed by atoms with E-state index in [1.165, 1.54) is 11.5 Å². The molecule has 1 aromatic heterocycles. The summed E-state index contributed by atoms with van der Waals surface area (Å²) >= 11 is 2.95. The second kappa shape index (κ2) is 8.97. The van der Waals surface area contributed by atoms with E-state index in [1.807, 2.05) is 14.7 Å². The number of carbonyl (C=O) groups excluding carboxylic acids is 2. The summed E-state index contributed by atoms with van der Waals surface area (Å²) in [5.74, 6) is 1.94. The Morgan fingerprint density at radius 3 is 2.57 bits per heavy atom. The van der Waals surface area contributed by atoms with Crippen molar-refractivity contribution in [2.75, 3.05) is 62.1 Å². The molecule has 2 amide bonds. The van der Waals surface area contributed by atoms with Gasteiger partial charge in [0.1, 0.15) is 5.75 Å². The first-order valence-corrected chi connectivity index (χ1v) is 13.9. The van der Waals surface area contributed by atoms with Crippen molar-refractivity contribution in [2.45, 2.75) is 18.2 Å². The number of rotatable bonds is 5. The van der Waals surface area contributed by atoms with Crippen LogP contribution in [0.2, 0.25) is 0 Å². The predicted octanol–water partition coefficient (Wildman–Crippen LogP) is -0.758. The van der Waals surface area contributed by atoms with Gasteiger partial charge in [-0.25, -0.2) is 13.4 Å². The Labute approximate surface area is 184 Å². The second-order valence-corrected chi connectivity index (χ2v) is 11.9. The highest BCUT2D eigenvalue weighted by Crippen LogP contribution is 2.24. The number of hydrogen-bond donors (Lipinski definition) is 1. The van der Waals surface area contributed by atoms with Crippen molar-refractivity contribution < 1.29 is 18.0 Å². The number of nitrogens with one attached hydrogen (secondary N) is 1. The Bertz CT molecular complexity index is 893. The van der Waals surface area contributed by atoms with Gasteiger partial charge in [-0.1, -0.05) is 0 Å². The fourth-order valence-corrected chi connectivity index (χ4v) is 6.33. The highest BCUT2D eigenvalue weighted by atomic mass is 32.2. The minimum atomic E-state index is -3.16. The third kappa shape index (κ3) is 5.06. The summed E-state index contributed by atoms with van der Waals surface area (Å²) in [5.41, 5.74) is 0. The van der Waals surface area contributed by atoms with Gasteiger partial charge >= 0.3 is 0 Å². The van der Waals surface area contributed by atoms with Crippen LogP contribution in [0.5, 0.6) is 0 Å². The highest BCUT2D eigenvalue weighted by molar-refractivity contribution is 7.99. The molecule has 3 fully saturated rings. The summed E-state index contributed by atoms with van der Waals surface area (Å²) in [5, 5.41) is 3.93. The van der Waals surface area contributed by atoms with Crippen molar-refractivity contribution in [1.29, 1.82) is 0 Å². The van der Waals surface area contributed by atoms with E-state index < -0.39 is 9.84 Å². The van der Waals surface area contributed by atoms with Gasteiger partial charge in [0.25, 0.3) is 0 Å². The number of anilines is 1. The monoisotopic (exact) mass is 474 g/mol. The van der Waals surface area contributed by atoms with Gasteiger partial charge in [-0.3, -0.25) is 9.59 Å². The number of aromatic nitrogens is 2. The Kier molecular flexibility index (Phi) is 6.51. The Morgan fingerprint density at radius 2 is 1.90 bits per heavy atom. The fraction of sp³-hybridized carbons (Fsp3) is 0.765. The first-order chi connectivity index (χ1) is 14.3. The van der Waals surface area contributed by atoms with Crippen LogP contribution in [0.25, 0.3) is 0 Å². The summed E-state index contributed by atoms with van der Waals surface area (Å²) in [4.78, 5) is 35.6. The molecule has 0 aliphatic carbocycles. The number of amides is 2. The molecule has 3 saturated heterocycles. The van der Waals surface area contributed by atoms with E-state index >= 15 is 0 Å². The van der Waals surface area contributed by atoms with E-state index in [0.29, 0.717) is 50.1 Å².